The van der Waals surface area contributed by atoms with E-state index in [2.05, 4.69) is 31.6 Å². The summed E-state index contributed by atoms with van der Waals surface area (Å²) in [5, 5.41) is 0. The summed E-state index contributed by atoms with van der Waals surface area (Å²) in [7, 11) is -0.389. The van der Waals surface area contributed by atoms with Crippen LogP contribution in [-0.4, -0.2) is 61.1 Å². The summed E-state index contributed by atoms with van der Waals surface area (Å²) < 4.78 is 39.1. The lowest BCUT2D eigenvalue weighted by molar-refractivity contribution is 0.116. The molecule has 1 aliphatic heterocycles. The van der Waals surface area contributed by atoms with E-state index in [-0.39, 0.29) is 16.8 Å². The van der Waals surface area contributed by atoms with Crippen molar-refractivity contribution in [3.63, 3.8) is 0 Å². The van der Waals surface area contributed by atoms with E-state index in [4.69, 9.17) is 9.47 Å². The van der Waals surface area contributed by atoms with E-state index < -0.39 is 15.6 Å². The molecule has 1 aliphatic rings. The Hall–Kier alpha value is -2.46. The highest BCUT2D eigenvalue weighted by Gasteiger charge is 2.22. The van der Waals surface area contributed by atoms with Crippen LogP contribution >= 0.6 is 0 Å². The minimum Gasteiger partial charge on any atom is -0.479 e. The van der Waals surface area contributed by atoms with E-state index in [1.54, 1.807) is 6.07 Å². The van der Waals surface area contributed by atoms with Crippen LogP contribution in [0.25, 0.3) is 0 Å². The van der Waals surface area contributed by atoms with E-state index in [9.17, 15) is 8.42 Å². The lowest BCUT2D eigenvalue weighted by Crippen LogP contribution is -2.24. The number of sulfonamides is 1. The average Bonchev–Trinajstić information content (AvgIpc) is 2.81. The smallest absolute Gasteiger partial charge is 0.316 e. The quantitative estimate of drug-likeness (QED) is 0.780. The lowest BCUT2D eigenvalue weighted by atomic mass is 10.1. The van der Waals surface area contributed by atoms with Gasteiger partial charge >= 0.3 is 6.01 Å². The molecule has 0 saturated carbocycles. The van der Waals surface area contributed by atoms with Crippen molar-refractivity contribution in [2.75, 3.05) is 32.0 Å². The van der Waals surface area contributed by atoms with Gasteiger partial charge in [-0.15, -0.1) is 0 Å². The van der Waals surface area contributed by atoms with Gasteiger partial charge in [-0.05, 0) is 45.9 Å². The zero-order valence-corrected chi connectivity index (χ0v) is 18.2. The topological polar surface area (TPSA) is 107 Å². The number of hydrogen-bond acceptors (Lipinski definition) is 8. The number of methoxy groups -OCH3 is 1. The van der Waals surface area contributed by atoms with Gasteiger partial charge in [-0.25, -0.2) is 23.4 Å². The van der Waals surface area contributed by atoms with Gasteiger partial charge in [0.15, 0.2) is 0 Å². The normalized spacial score (nSPS) is 15.3. The first kappa shape index (κ1) is 21.3. The maximum Gasteiger partial charge on any atom is 0.316 e. The number of aromatic nitrogens is 3. The Balaban J connectivity index is 1.86. The molecule has 2 aromatic heterocycles. The number of likely N-dealkylation sites (N-methyl/N-ethyl adjacent to an activating group) is 1. The van der Waals surface area contributed by atoms with E-state index in [1.165, 1.54) is 19.5 Å². The predicted molar refractivity (Wildman–Crippen MR) is 109 cm³/mol. The zero-order valence-electron chi connectivity index (χ0n) is 17.4. The molecule has 0 amide bonds. The monoisotopic (exact) mass is 421 g/mol. The second-order valence-corrected chi connectivity index (χ2v) is 9.66. The first-order valence-corrected chi connectivity index (χ1v) is 10.8. The maximum absolute atomic E-state index is 12.8. The van der Waals surface area contributed by atoms with Crippen LogP contribution in [0.3, 0.4) is 0 Å². The SMILES string of the molecule is COc1nc2c(cc1NS(=O)(=O)c1cnc(OC(C)(C)C)nc1)CCN(C)CC2. The number of ether oxygens (including phenoxy) is 2. The Labute approximate surface area is 171 Å². The largest absolute Gasteiger partial charge is 0.479 e. The Bertz CT molecular complexity index is 971. The van der Waals surface area contributed by atoms with Gasteiger partial charge in [0.25, 0.3) is 10.0 Å². The number of nitrogens with zero attached hydrogens (tertiary/aromatic N) is 4. The molecule has 0 atom stereocenters. The molecule has 2 aromatic rings. The molecule has 0 fully saturated rings. The molecule has 0 aliphatic carbocycles. The average molecular weight is 422 g/mol. The van der Waals surface area contributed by atoms with Crippen molar-refractivity contribution in [2.24, 2.45) is 0 Å². The van der Waals surface area contributed by atoms with Gasteiger partial charge in [0.05, 0.1) is 19.5 Å². The van der Waals surface area contributed by atoms with Crippen LogP contribution in [0.4, 0.5) is 5.69 Å². The Morgan fingerprint density at radius 1 is 1.14 bits per heavy atom. The molecule has 0 unspecified atom stereocenters. The third-order valence-corrected chi connectivity index (χ3v) is 5.72. The number of hydrogen-bond donors (Lipinski definition) is 1. The fourth-order valence-corrected chi connectivity index (χ4v) is 3.87. The van der Waals surface area contributed by atoms with Crippen LogP contribution in [0.1, 0.15) is 32.0 Å². The third-order valence-electron chi connectivity index (χ3n) is 4.40. The molecule has 0 saturated heterocycles. The number of rotatable bonds is 5. The summed E-state index contributed by atoms with van der Waals surface area (Å²) in [5.74, 6) is 0.241. The molecule has 0 radical (unpaired) electrons. The lowest BCUT2D eigenvalue weighted by Gasteiger charge is -2.19. The molecule has 3 heterocycles. The summed E-state index contributed by atoms with van der Waals surface area (Å²) in [6.45, 7) is 7.36. The van der Waals surface area contributed by atoms with Gasteiger partial charge in [0, 0.05) is 25.2 Å². The second kappa shape index (κ2) is 8.11. The first-order valence-electron chi connectivity index (χ1n) is 9.36. The Morgan fingerprint density at radius 3 is 2.41 bits per heavy atom. The number of fused-ring (bicyclic) bond motifs is 1. The molecular formula is C19H27N5O4S. The summed E-state index contributed by atoms with van der Waals surface area (Å²) >= 11 is 0. The van der Waals surface area contributed by atoms with Crippen LogP contribution in [0.2, 0.25) is 0 Å². The van der Waals surface area contributed by atoms with Crippen LogP contribution in [0.5, 0.6) is 11.9 Å². The van der Waals surface area contributed by atoms with Crippen molar-refractivity contribution in [1.82, 2.24) is 19.9 Å². The summed E-state index contributed by atoms with van der Waals surface area (Å²) in [5.41, 5.74) is 1.76. The minimum atomic E-state index is -3.91. The Kier molecular flexibility index (Phi) is 5.95. The van der Waals surface area contributed by atoms with E-state index >= 15 is 0 Å². The molecule has 0 aromatic carbocycles. The first-order chi connectivity index (χ1) is 13.6. The second-order valence-electron chi connectivity index (χ2n) is 7.98. The van der Waals surface area contributed by atoms with E-state index in [0.29, 0.717) is 5.69 Å². The van der Waals surface area contributed by atoms with Crippen molar-refractivity contribution in [3.05, 3.63) is 29.7 Å². The predicted octanol–water partition coefficient (Wildman–Crippen LogP) is 1.89. The standard InChI is InChI=1S/C19H27N5O4S/c1-19(2,3)28-18-20-11-14(12-21-18)29(25,26)23-16-10-13-6-8-24(4)9-7-15(13)22-17(16)27-5/h10-12,23H,6-9H2,1-5H3. The summed E-state index contributed by atoms with van der Waals surface area (Å²) in [6, 6.07) is 1.92. The molecule has 9 nitrogen and oxygen atoms in total. The van der Waals surface area contributed by atoms with Crippen LogP contribution in [0.15, 0.2) is 23.4 Å². The van der Waals surface area contributed by atoms with Crippen LogP contribution < -0.4 is 14.2 Å². The molecule has 3 rings (SSSR count). The van der Waals surface area contributed by atoms with E-state index in [0.717, 1.165) is 37.2 Å². The van der Waals surface area contributed by atoms with Crippen molar-refractivity contribution in [3.8, 4) is 11.9 Å². The van der Waals surface area contributed by atoms with Gasteiger partial charge < -0.3 is 14.4 Å². The summed E-state index contributed by atoms with van der Waals surface area (Å²) in [6.07, 6.45) is 4.02. The molecule has 1 N–H and O–H groups in total. The highest BCUT2D eigenvalue weighted by Crippen LogP contribution is 2.29. The molecule has 29 heavy (non-hydrogen) atoms. The van der Waals surface area contributed by atoms with Crippen molar-refractivity contribution < 1.29 is 17.9 Å². The van der Waals surface area contributed by atoms with Gasteiger partial charge in [-0.2, -0.15) is 0 Å². The van der Waals surface area contributed by atoms with Gasteiger partial charge in [0.1, 0.15) is 16.2 Å². The Morgan fingerprint density at radius 2 is 1.79 bits per heavy atom. The van der Waals surface area contributed by atoms with Crippen LogP contribution in [-0.2, 0) is 22.9 Å². The minimum absolute atomic E-state index is 0.0736. The van der Waals surface area contributed by atoms with Crippen molar-refractivity contribution >= 4 is 15.7 Å². The van der Waals surface area contributed by atoms with Gasteiger partial charge in [-0.1, -0.05) is 0 Å². The molecule has 158 valence electrons. The van der Waals surface area contributed by atoms with Gasteiger partial charge in [0.2, 0.25) is 5.88 Å². The third kappa shape index (κ3) is 5.33. The van der Waals surface area contributed by atoms with Crippen molar-refractivity contribution in [1.29, 1.82) is 0 Å². The highest BCUT2D eigenvalue weighted by molar-refractivity contribution is 7.92. The number of nitrogens with one attached hydrogen (secondary N) is 1. The zero-order chi connectivity index (χ0) is 21.2. The molecular weight excluding hydrogens is 394 g/mol. The summed E-state index contributed by atoms with van der Waals surface area (Å²) in [4.78, 5) is 14.7. The fourth-order valence-electron chi connectivity index (χ4n) is 2.93. The molecule has 0 spiro atoms. The highest BCUT2D eigenvalue weighted by atomic mass is 32.2. The maximum atomic E-state index is 12.8. The fraction of sp³-hybridized carbons (Fsp3) is 0.526. The van der Waals surface area contributed by atoms with Crippen LogP contribution in [0, 0.1) is 0 Å². The number of anilines is 1. The number of pyridine rings is 1. The molecule has 0 bridgehead atoms. The van der Waals surface area contributed by atoms with E-state index in [1.807, 2.05) is 20.8 Å². The molecule has 10 heteroatoms. The van der Waals surface area contributed by atoms with Crippen molar-refractivity contribution in [2.45, 2.75) is 44.1 Å². The van der Waals surface area contributed by atoms with Gasteiger partial charge in [-0.3, -0.25) is 4.72 Å².